The fraction of sp³-hybridized carbons (Fsp3) is 0.455. The molecule has 5 nitrogen and oxygen atoms in total. The summed E-state index contributed by atoms with van der Waals surface area (Å²) in [5, 5.41) is 10.9. The number of alkyl halides is 1. The molecule has 2 rings (SSSR count). The van der Waals surface area contributed by atoms with Crippen LogP contribution in [0.1, 0.15) is 18.6 Å². The zero-order chi connectivity index (χ0) is 12.1. The molecule has 0 fully saturated rings. The van der Waals surface area contributed by atoms with Gasteiger partial charge in [-0.2, -0.15) is 0 Å². The number of hydrogen-bond acceptors (Lipinski definition) is 5. The molecular weight excluding hydrogens is 242 g/mol. The summed E-state index contributed by atoms with van der Waals surface area (Å²) >= 11 is 5.59. The van der Waals surface area contributed by atoms with Gasteiger partial charge in [0.1, 0.15) is 5.76 Å². The predicted octanol–water partition coefficient (Wildman–Crippen LogP) is 2.49. The van der Waals surface area contributed by atoms with Crippen LogP contribution < -0.4 is 5.32 Å². The van der Waals surface area contributed by atoms with E-state index in [1.807, 2.05) is 19.1 Å². The fourth-order valence-corrected chi connectivity index (χ4v) is 1.65. The highest BCUT2D eigenvalue weighted by Gasteiger charge is 2.10. The van der Waals surface area contributed by atoms with Crippen LogP contribution in [0.4, 0.5) is 6.01 Å². The van der Waals surface area contributed by atoms with Crippen LogP contribution in [0.25, 0.3) is 0 Å². The molecule has 1 unspecified atom stereocenters. The molecule has 0 radical (unpaired) electrons. The van der Waals surface area contributed by atoms with Gasteiger partial charge in [0, 0.05) is 24.8 Å². The number of aromatic nitrogens is 2. The Morgan fingerprint density at radius 3 is 3.06 bits per heavy atom. The highest BCUT2D eigenvalue weighted by molar-refractivity contribution is 6.17. The average molecular weight is 256 g/mol. The van der Waals surface area contributed by atoms with Crippen molar-refractivity contribution in [1.29, 1.82) is 0 Å². The van der Waals surface area contributed by atoms with Gasteiger partial charge in [-0.3, -0.25) is 0 Å². The normalized spacial score (nSPS) is 12.6. The lowest BCUT2D eigenvalue weighted by molar-refractivity contribution is 0.484. The molecule has 0 aliphatic heterocycles. The van der Waals surface area contributed by atoms with Crippen molar-refractivity contribution in [3.05, 3.63) is 30.0 Å². The molecule has 0 spiro atoms. The van der Waals surface area contributed by atoms with Crippen molar-refractivity contribution in [2.45, 2.75) is 25.8 Å². The lowest BCUT2D eigenvalue weighted by atomic mass is 10.2. The Hall–Kier alpha value is -1.49. The summed E-state index contributed by atoms with van der Waals surface area (Å²) in [6, 6.07) is 4.38. The Labute approximate surface area is 104 Å². The largest absolute Gasteiger partial charge is 0.469 e. The number of anilines is 1. The van der Waals surface area contributed by atoms with Crippen molar-refractivity contribution >= 4 is 17.6 Å². The molecule has 1 atom stereocenters. The molecule has 1 N–H and O–H groups in total. The molecule has 17 heavy (non-hydrogen) atoms. The van der Waals surface area contributed by atoms with Gasteiger partial charge in [-0.25, -0.2) is 0 Å². The molecule has 0 bridgehead atoms. The topological polar surface area (TPSA) is 64.1 Å². The van der Waals surface area contributed by atoms with Gasteiger partial charge in [0.2, 0.25) is 5.89 Å². The van der Waals surface area contributed by atoms with Crippen LogP contribution in [0.2, 0.25) is 0 Å². The van der Waals surface area contributed by atoms with E-state index in [4.69, 9.17) is 20.4 Å². The second-order valence-corrected chi connectivity index (χ2v) is 4.15. The number of rotatable bonds is 6. The quantitative estimate of drug-likeness (QED) is 0.804. The first-order valence-corrected chi connectivity index (χ1v) is 5.98. The van der Waals surface area contributed by atoms with Crippen LogP contribution in [0.15, 0.2) is 27.2 Å². The highest BCUT2D eigenvalue weighted by Crippen LogP contribution is 2.11. The standard InChI is InChI=1S/C11H14ClN3O2/c1-8(7-9-3-2-6-16-9)13-11-15-14-10(17-11)4-5-12/h2-3,6,8H,4-5,7H2,1H3,(H,13,15). The summed E-state index contributed by atoms with van der Waals surface area (Å²) in [6.45, 7) is 2.02. The van der Waals surface area contributed by atoms with Crippen LogP contribution in [-0.2, 0) is 12.8 Å². The van der Waals surface area contributed by atoms with Gasteiger partial charge >= 0.3 is 6.01 Å². The zero-order valence-corrected chi connectivity index (χ0v) is 10.3. The number of furan rings is 1. The molecule has 0 amide bonds. The number of aryl methyl sites for hydroxylation is 1. The molecule has 0 aliphatic rings. The van der Waals surface area contributed by atoms with Gasteiger partial charge < -0.3 is 14.2 Å². The first-order chi connectivity index (χ1) is 8.28. The lowest BCUT2D eigenvalue weighted by Crippen LogP contribution is -2.17. The monoisotopic (exact) mass is 255 g/mol. The Bertz CT molecular complexity index is 441. The number of nitrogens with zero attached hydrogens (tertiary/aromatic N) is 2. The smallest absolute Gasteiger partial charge is 0.315 e. The van der Waals surface area contributed by atoms with Gasteiger partial charge in [0.05, 0.1) is 6.26 Å². The molecule has 2 aromatic rings. The van der Waals surface area contributed by atoms with Crippen LogP contribution in [-0.4, -0.2) is 22.1 Å². The third-order valence-electron chi connectivity index (χ3n) is 2.23. The van der Waals surface area contributed by atoms with E-state index in [0.29, 0.717) is 24.2 Å². The van der Waals surface area contributed by atoms with Gasteiger partial charge in [0.15, 0.2) is 0 Å². The minimum absolute atomic E-state index is 0.158. The molecule has 0 aliphatic carbocycles. The van der Waals surface area contributed by atoms with Crippen molar-refractivity contribution in [2.75, 3.05) is 11.2 Å². The van der Waals surface area contributed by atoms with Crippen molar-refractivity contribution < 1.29 is 8.83 Å². The first kappa shape index (κ1) is 12.0. The SMILES string of the molecule is CC(Cc1ccco1)Nc1nnc(CCCl)o1. The molecule has 0 saturated carbocycles. The predicted molar refractivity (Wildman–Crippen MR) is 64.2 cm³/mol. The summed E-state index contributed by atoms with van der Waals surface area (Å²) in [4.78, 5) is 0. The first-order valence-electron chi connectivity index (χ1n) is 5.45. The lowest BCUT2D eigenvalue weighted by Gasteiger charge is -2.09. The van der Waals surface area contributed by atoms with Gasteiger partial charge in [-0.1, -0.05) is 5.10 Å². The van der Waals surface area contributed by atoms with E-state index in [1.165, 1.54) is 0 Å². The summed E-state index contributed by atoms with van der Waals surface area (Å²) in [6.07, 6.45) is 3.01. The Morgan fingerprint density at radius 2 is 2.35 bits per heavy atom. The van der Waals surface area contributed by atoms with Gasteiger partial charge in [0.25, 0.3) is 0 Å². The minimum atomic E-state index is 0.158. The highest BCUT2D eigenvalue weighted by atomic mass is 35.5. The molecule has 0 saturated heterocycles. The molecular formula is C11H14ClN3O2. The maximum Gasteiger partial charge on any atom is 0.315 e. The van der Waals surface area contributed by atoms with Crippen molar-refractivity contribution in [3.8, 4) is 0 Å². The minimum Gasteiger partial charge on any atom is -0.469 e. The summed E-state index contributed by atoms with van der Waals surface area (Å²) in [5.74, 6) is 1.95. The molecule has 2 heterocycles. The molecule has 6 heteroatoms. The maximum atomic E-state index is 5.59. The third kappa shape index (κ3) is 3.49. The summed E-state index contributed by atoms with van der Waals surface area (Å²) in [5.41, 5.74) is 0. The molecule has 0 aromatic carbocycles. The number of hydrogen-bond donors (Lipinski definition) is 1. The average Bonchev–Trinajstić information content (AvgIpc) is 2.91. The van der Waals surface area contributed by atoms with Gasteiger partial charge in [-0.05, 0) is 19.1 Å². The van der Waals surface area contributed by atoms with E-state index in [0.717, 1.165) is 12.2 Å². The second kappa shape index (κ2) is 5.72. The maximum absolute atomic E-state index is 5.59. The summed E-state index contributed by atoms with van der Waals surface area (Å²) < 4.78 is 10.6. The van der Waals surface area contributed by atoms with E-state index < -0.39 is 0 Å². The zero-order valence-electron chi connectivity index (χ0n) is 9.52. The number of nitrogens with one attached hydrogen (secondary N) is 1. The Balaban J connectivity index is 1.86. The Kier molecular flexibility index (Phi) is 4.03. The molecule has 2 aromatic heterocycles. The van der Waals surface area contributed by atoms with E-state index in [9.17, 15) is 0 Å². The van der Waals surface area contributed by atoms with E-state index in [1.54, 1.807) is 6.26 Å². The van der Waals surface area contributed by atoms with Crippen molar-refractivity contribution in [1.82, 2.24) is 10.2 Å². The summed E-state index contributed by atoms with van der Waals surface area (Å²) in [7, 11) is 0. The van der Waals surface area contributed by atoms with Crippen molar-refractivity contribution in [2.24, 2.45) is 0 Å². The second-order valence-electron chi connectivity index (χ2n) is 3.77. The van der Waals surface area contributed by atoms with E-state index >= 15 is 0 Å². The van der Waals surface area contributed by atoms with Crippen molar-refractivity contribution in [3.63, 3.8) is 0 Å². The van der Waals surface area contributed by atoms with Crippen LogP contribution >= 0.6 is 11.6 Å². The van der Waals surface area contributed by atoms with E-state index in [2.05, 4.69) is 15.5 Å². The van der Waals surface area contributed by atoms with Crippen LogP contribution in [0.3, 0.4) is 0 Å². The third-order valence-corrected chi connectivity index (χ3v) is 2.42. The molecule has 92 valence electrons. The van der Waals surface area contributed by atoms with E-state index in [-0.39, 0.29) is 6.04 Å². The van der Waals surface area contributed by atoms with Gasteiger partial charge in [-0.15, -0.1) is 16.7 Å². The fourth-order valence-electron chi connectivity index (χ4n) is 1.49. The number of halogens is 1. The Morgan fingerprint density at radius 1 is 1.47 bits per heavy atom. The van der Waals surface area contributed by atoms with Crippen LogP contribution in [0, 0.1) is 0 Å². The van der Waals surface area contributed by atoms with Crippen LogP contribution in [0.5, 0.6) is 0 Å².